The van der Waals surface area contributed by atoms with Crippen molar-refractivity contribution in [2.45, 2.75) is 0 Å². The topological polar surface area (TPSA) is 38.4 Å². The van der Waals surface area contributed by atoms with Crippen molar-refractivity contribution in [2.75, 3.05) is 0 Å². The molecule has 0 saturated heterocycles. The molecule has 0 aliphatic heterocycles. The van der Waals surface area contributed by atoms with Crippen LogP contribution in [-0.2, 0) is 0 Å². The summed E-state index contributed by atoms with van der Waals surface area (Å²) < 4.78 is 20.6. The maximum atomic E-state index is 13.9. The monoisotopic (exact) mass is 394 g/mol. The molecule has 4 rings (SSSR count). The molecule has 4 aromatic rings. The molecule has 0 fully saturated rings. The van der Waals surface area contributed by atoms with Crippen LogP contribution in [0.5, 0.6) is 0 Å². The van der Waals surface area contributed by atoms with Gasteiger partial charge in [-0.25, -0.2) is 9.37 Å². The van der Waals surface area contributed by atoms with E-state index in [2.05, 4.69) is 25.9 Å². The van der Waals surface area contributed by atoms with Crippen LogP contribution in [0.3, 0.4) is 0 Å². The van der Waals surface area contributed by atoms with E-state index >= 15 is 0 Å². The second-order valence-electron chi connectivity index (χ2n) is 5.46. The van der Waals surface area contributed by atoms with Gasteiger partial charge >= 0.3 is 0 Å². The molecule has 0 spiro atoms. The lowest BCUT2D eigenvalue weighted by atomic mass is 10.2. The molecule has 5 heteroatoms. The lowest BCUT2D eigenvalue weighted by Gasteiger charge is -1.95. The van der Waals surface area contributed by atoms with Crippen LogP contribution in [0.4, 0.5) is 10.1 Å². The molecule has 0 aliphatic carbocycles. The third kappa shape index (κ3) is 3.37. The fourth-order valence-electron chi connectivity index (χ4n) is 2.48. The third-order valence-electron chi connectivity index (χ3n) is 3.69. The Labute approximate surface area is 152 Å². The Morgan fingerprint density at radius 3 is 2.72 bits per heavy atom. The number of rotatable bonds is 3. The quantitative estimate of drug-likeness (QED) is 0.391. The van der Waals surface area contributed by atoms with Crippen molar-refractivity contribution < 1.29 is 8.81 Å². The Morgan fingerprint density at radius 1 is 1.00 bits per heavy atom. The van der Waals surface area contributed by atoms with E-state index in [1.165, 1.54) is 6.07 Å². The second kappa shape index (κ2) is 6.61. The first-order valence-corrected chi connectivity index (χ1v) is 8.43. The summed E-state index contributed by atoms with van der Waals surface area (Å²) in [6.45, 7) is 0. The molecule has 0 radical (unpaired) electrons. The van der Waals surface area contributed by atoms with Gasteiger partial charge in [0.15, 0.2) is 5.58 Å². The van der Waals surface area contributed by atoms with Gasteiger partial charge in [0.1, 0.15) is 11.3 Å². The lowest BCUT2D eigenvalue weighted by Crippen LogP contribution is -1.82. The van der Waals surface area contributed by atoms with Crippen molar-refractivity contribution in [2.24, 2.45) is 4.99 Å². The highest BCUT2D eigenvalue weighted by Crippen LogP contribution is 2.28. The molecule has 3 nitrogen and oxygen atoms in total. The number of hydrogen-bond donors (Lipinski definition) is 0. The zero-order valence-corrected chi connectivity index (χ0v) is 14.6. The number of halogens is 2. The molecule has 1 heterocycles. The summed E-state index contributed by atoms with van der Waals surface area (Å²) in [5.74, 6) is -0.0943. The van der Waals surface area contributed by atoms with Gasteiger partial charge in [-0.3, -0.25) is 4.99 Å². The number of oxazole rings is 1. The normalized spacial score (nSPS) is 11.4. The summed E-state index contributed by atoms with van der Waals surface area (Å²) in [6, 6.07) is 19.7. The Hall–Kier alpha value is -2.79. The maximum Gasteiger partial charge on any atom is 0.230 e. The van der Waals surface area contributed by atoms with Gasteiger partial charge in [0.05, 0.1) is 11.3 Å². The van der Waals surface area contributed by atoms with Crippen molar-refractivity contribution >= 4 is 38.9 Å². The summed E-state index contributed by atoms with van der Waals surface area (Å²) in [4.78, 5) is 8.85. The van der Waals surface area contributed by atoms with Crippen LogP contribution in [0.25, 0.3) is 22.6 Å². The van der Waals surface area contributed by atoms with E-state index in [4.69, 9.17) is 4.42 Å². The van der Waals surface area contributed by atoms with E-state index in [9.17, 15) is 4.39 Å². The molecule has 0 bridgehead atoms. The van der Waals surface area contributed by atoms with Crippen molar-refractivity contribution in [3.8, 4) is 11.5 Å². The average Bonchev–Trinajstić information content (AvgIpc) is 3.03. The number of fused-ring (bicyclic) bond motifs is 1. The fraction of sp³-hybridized carbons (Fsp3) is 0. The zero-order valence-electron chi connectivity index (χ0n) is 13.0. The Morgan fingerprint density at radius 2 is 1.88 bits per heavy atom. The van der Waals surface area contributed by atoms with E-state index in [0.717, 1.165) is 15.7 Å². The molecule has 122 valence electrons. The predicted molar refractivity (Wildman–Crippen MR) is 101 cm³/mol. The highest BCUT2D eigenvalue weighted by molar-refractivity contribution is 9.10. The van der Waals surface area contributed by atoms with E-state index < -0.39 is 0 Å². The number of hydrogen-bond acceptors (Lipinski definition) is 3. The number of nitrogens with zero attached hydrogens (tertiary/aromatic N) is 2. The van der Waals surface area contributed by atoms with Crippen LogP contribution < -0.4 is 0 Å². The standard InChI is InChI=1S/C20H12BrFN2O/c21-14-5-3-4-13(10-14)12-23-15-8-9-19-18(11-15)24-20(25-19)16-6-1-2-7-17(16)22/h1-12H. The smallest absolute Gasteiger partial charge is 0.230 e. The molecule has 0 amide bonds. The molecule has 0 N–H and O–H groups in total. The Kier molecular flexibility index (Phi) is 4.15. The van der Waals surface area contributed by atoms with Crippen molar-refractivity contribution in [1.82, 2.24) is 4.98 Å². The van der Waals surface area contributed by atoms with Crippen LogP contribution in [0, 0.1) is 5.82 Å². The molecule has 0 unspecified atom stereocenters. The number of benzene rings is 3. The van der Waals surface area contributed by atoms with Crippen molar-refractivity contribution in [3.05, 3.63) is 82.6 Å². The van der Waals surface area contributed by atoms with Crippen LogP contribution in [0.2, 0.25) is 0 Å². The van der Waals surface area contributed by atoms with Crippen LogP contribution in [0.15, 0.2) is 80.6 Å². The van der Waals surface area contributed by atoms with E-state index in [1.54, 1.807) is 30.5 Å². The predicted octanol–water partition coefficient (Wildman–Crippen LogP) is 6.15. The fourth-order valence-corrected chi connectivity index (χ4v) is 2.90. The second-order valence-corrected chi connectivity index (χ2v) is 6.38. The minimum atomic E-state index is -0.359. The van der Waals surface area contributed by atoms with E-state index in [1.807, 2.05) is 36.4 Å². The van der Waals surface area contributed by atoms with Gasteiger partial charge in [0, 0.05) is 10.7 Å². The molecule has 0 aliphatic rings. The zero-order chi connectivity index (χ0) is 17.2. The highest BCUT2D eigenvalue weighted by Gasteiger charge is 2.12. The Bertz CT molecular complexity index is 1090. The SMILES string of the molecule is Fc1ccccc1-c1nc2cc(N=Cc3cccc(Br)c3)ccc2o1. The van der Waals surface area contributed by atoms with E-state index in [0.29, 0.717) is 16.7 Å². The molecular formula is C20H12BrFN2O. The van der Waals surface area contributed by atoms with Gasteiger partial charge in [-0.2, -0.15) is 0 Å². The van der Waals surface area contributed by atoms with E-state index in [-0.39, 0.29) is 11.7 Å². The summed E-state index contributed by atoms with van der Waals surface area (Å²) in [5, 5.41) is 0. The Balaban J connectivity index is 1.68. The lowest BCUT2D eigenvalue weighted by molar-refractivity contribution is 0.593. The third-order valence-corrected chi connectivity index (χ3v) is 4.18. The summed E-state index contributed by atoms with van der Waals surface area (Å²) in [7, 11) is 0. The van der Waals surface area contributed by atoms with Crippen LogP contribution in [0.1, 0.15) is 5.56 Å². The first kappa shape index (κ1) is 15.7. The molecule has 0 saturated carbocycles. The van der Waals surface area contributed by atoms with Crippen molar-refractivity contribution in [3.63, 3.8) is 0 Å². The van der Waals surface area contributed by atoms with Gasteiger partial charge in [-0.15, -0.1) is 0 Å². The van der Waals surface area contributed by atoms with Crippen LogP contribution in [-0.4, -0.2) is 11.2 Å². The molecule has 25 heavy (non-hydrogen) atoms. The molecular weight excluding hydrogens is 383 g/mol. The van der Waals surface area contributed by atoms with Gasteiger partial charge in [-0.05, 0) is 48.0 Å². The maximum absolute atomic E-state index is 13.9. The first-order chi connectivity index (χ1) is 12.2. The van der Waals surface area contributed by atoms with Crippen LogP contribution >= 0.6 is 15.9 Å². The van der Waals surface area contributed by atoms with Gasteiger partial charge in [0.2, 0.25) is 5.89 Å². The molecule has 0 atom stereocenters. The number of aliphatic imine (C=N–C) groups is 1. The van der Waals surface area contributed by atoms with Gasteiger partial charge in [-0.1, -0.05) is 40.2 Å². The summed E-state index contributed by atoms with van der Waals surface area (Å²) in [5.41, 5.74) is 3.32. The molecule has 3 aromatic carbocycles. The highest BCUT2D eigenvalue weighted by atomic mass is 79.9. The minimum Gasteiger partial charge on any atom is -0.436 e. The van der Waals surface area contributed by atoms with Crippen molar-refractivity contribution in [1.29, 1.82) is 0 Å². The summed E-state index contributed by atoms with van der Waals surface area (Å²) in [6.07, 6.45) is 1.78. The average molecular weight is 395 g/mol. The van der Waals surface area contributed by atoms with Gasteiger partial charge in [0.25, 0.3) is 0 Å². The summed E-state index contributed by atoms with van der Waals surface area (Å²) >= 11 is 3.44. The number of aromatic nitrogens is 1. The van der Waals surface area contributed by atoms with Gasteiger partial charge < -0.3 is 4.42 Å². The largest absolute Gasteiger partial charge is 0.436 e. The first-order valence-electron chi connectivity index (χ1n) is 7.64. The minimum absolute atomic E-state index is 0.265. The molecule has 1 aromatic heterocycles.